The Bertz CT molecular complexity index is 1110. The Morgan fingerprint density at radius 2 is 1.25 bits per heavy atom. The molecule has 28 heavy (non-hydrogen) atoms. The van der Waals surface area contributed by atoms with Gasteiger partial charge in [-0.05, 0) is 34.4 Å². The summed E-state index contributed by atoms with van der Waals surface area (Å²) in [5.41, 5.74) is 4.65. The van der Waals surface area contributed by atoms with Crippen LogP contribution in [0.25, 0.3) is 0 Å². The molecule has 1 fully saturated rings. The summed E-state index contributed by atoms with van der Waals surface area (Å²) < 4.78 is 0. The second-order valence-electron chi connectivity index (χ2n) is 7.71. The number of amides is 2. The molecule has 3 aromatic carbocycles. The Balaban J connectivity index is 1.64. The van der Waals surface area contributed by atoms with Crippen LogP contribution in [0.5, 0.6) is 0 Å². The number of nitrogens with zero attached hydrogens (tertiary/aromatic N) is 1. The van der Waals surface area contributed by atoms with E-state index in [4.69, 9.17) is 11.6 Å². The smallest absolute Gasteiger partial charge is 0.240 e. The third-order valence-corrected chi connectivity index (χ3v) is 7.17. The Morgan fingerprint density at radius 3 is 1.86 bits per heavy atom. The van der Waals surface area contributed by atoms with Crippen molar-refractivity contribution in [3.05, 3.63) is 101 Å². The Morgan fingerprint density at radius 1 is 0.714 bits per heavy atom. The largest absolute Gasteiger partial charge is 0.274 e. The molecule has 0 radical (unpaired) electrons. The quantitative estimate of drug-likeness (QED) is 0.459. The normalized spacial score (nSPS) is 29.5. The summed E-state index contributed by atoms with van der Waals surface area (Å²) in [4.78, 5) is 27.5. The molecule has 3 aromatic rings. The highest BCUT2D eigenvalue weighted by Crippen LogP contribution is 2.65. The molecule has 0 spiro atoms. The van der Waals surface area contributed by atoms with Gasteiger partial charge in [0.1, 0.15) is 4.87 Å². The van der Waals surface area contributed by atoms with Crippen LogP contribution in [0.15, 0.2) is 78.9 Å². The summed E-state index contributed by atoms with van der Waals surface area (Å²) in [7, 11) is 0. The van der Waals surface area contributed by atoms with Crippen LogP contribution < -0.4 is 4.90 Å². The van der Waals surface area contributed by atoms with Gasteiger partial charge in [0, 0.05) is 5.92 Å². The standard InChI is InChI=1S/C24H16ClNO2/c25-24-17-12-6-4-10-15(17)19(16-11-5-7-13-18(16)24)20-21(24)23(28)26(22(20)27)14-8-2-1-3-9-14/h1-13,19-21H/t19?,20-,21-,24?/m1/s1. The molecule has 2 amide bonds. The van der Waals surface area contributed by atoms with Gasteiger partial charge >= 0.3 is 0 Å². The van der Waals surface area contributed by atoms with Crippen LogP contribution in [0, 0.1) is 11.8 Å². The minimum atomic E-state index is -1.02. The lowest BCUT2D eigenvalue weighted by Crippen LogP contribution is -2.50. The summed E-state index contributed by atoms with van der Waals surface area (Å²) >= 11 is 7.37. The molecule has 2 bridgehead atoms. The Kier molecular flexibility index (Phi) is 3.06. The topological polar surface area (TPSA) is 37.4 Å². The molecule has 1 saturated heterocycles. The van der Waals surface area contributed by atoms with Gasteiger partial charge < -0.3 is 0 Å². The molecule has 1 aliphatic heterocycles. The predicted octanol–water partition coefficient (Wildman–Crippen LogP) is 4.43. The second-order valence-corrected chi connectivity index (χ2v) is 8.31. The van der Waals surface area contributed by atoms with E-state index in [1.54, 1.807) is 12.1 Å². The van der Waals surface area contributed by atoms with E-state index >= 15 is 0 Å². The highest BCUT2D eigenvalue weighted by atomic mass is 35.5. The number of carbonyl (C=O) groups excluding carboxylic acids is 2. The van der Waals surface area contributed by atoms with Crippen molar-refractivity contribution in [2.45, 2.75) is 10.8 Å². The average molecular weight is 386 g/mol. The zero-order valence-corrected chi connectivity index (χ0v) is 15.6. The number of alkyl halides is 1. The van der Waals surface area contributed by atoms with Crippen molar-refractivity contribution in [3.63, 3.8) is 0 Å². The molecule has 0 aromatic heterocycles. The van der Waals surface area contributed by atoms with Gasteiger partial charge in [-0.25, -0.2) is 4.90 Å². The molecule has 0 N–H and O–H groups in total. The first-order valence-electron chi connectivity index (χ1n) is 9.44. The summed E-state index contributed by atoms with van der Waals surface area (Å²) in [5, 5.41) is 0. The van der Waals surface area contributed by atoms with Gasteiger partial charge in [-0.2, -0.15) is 0 Å². The van der Waals surface area contributed by atoms with E-state index in [9.17, 15) is 9.59 Å². The van der Waals surface area contributed by atoms with E-state index in [0.29, 0.717) is 5.69 Å². The van der Waals surface area contributed by atoms with Crippen LogP contribution in [-0.2, 0) is 14.5 Å². The first-order valence-corrected chi connectivity index (χ1v) is 9.82. The third kappa shape index (κ3) is 1.71. The molecule has 1 heterocycles. The number of anilines is 1. The van der Waals surface area contributed by atoms with Gasteiger partial charge in [-0.3, -0.25) is 9.59 Å². The van der Waals surface area contributed by atoms with E-state index in [1.807, 2.05) is 66.7 Å². The molecule has 0 saturated carbocycles. The number of halogens is 1. The Hall–Kier alpha value is -2.91. The molecular formula is C24H16ClNO2. The van der Waals surface area contributed by atoms with Crippen molar-refractivity contribution >= 4 is 29.1 Å². The van der Waals surface area contributed by atoms with E-state index in [1.165, 1.54) is 4.90 Å². The van der Waals surface area contributed by atoms with Gasteiger partial charge in [0.25, 0.3) is 0 Å². The van der Waals surface area contributed by atoms with Crippen molar-refractivity contribution in [1.82, 2.24) is 0 Å². The zero-order chi connectivity index (χ0) is 19.0. The van der Waals surface area contributed by atoms with Crippen LogP contribution in [-0.4, -0.2) is 11.8 Å². The third-order valence-electron chi connectivity index (χ3n) is 6.53. The molecule has 2 atom stereocenters. The van der Waals surface area contributed by atoms with Crippen molar-refractivity contribution in [3.8, 4) is 0 Å². The van der Waals surface area contributed by atoms with Gasteiger partial charge in [0.05, 0.1) is 17.5 Å². The maximum Gasteiger partial charge on any atom is 0.240 e. The SMILES string of the molecule is O=C1[C@@H]2C3c4ccccc4C(Cl)(c4ccccc43)[C@H]2C(=O)N1c1ccccc1. The van der Waals surface area contributed by atoms with E-state index in [-0.39, 0.29) is 17.7 Å². The molecule has 7 rings (SSSR count). The number of rotatable bonds is 1. The average Bonchev–Trinajstić information content (AvgIpc) is 3.01. The number of imide groups is 1. The molecule has 0 unspecified atom stereocenters. The molecule has 4 aliphatic rings. The first kappa shape index (κ1) is 16.1. The highest BCUT2D eigenvalue weighted by molar-refractivity contribution is 6.33. The fourth-order valence-corrected chi connectivity index (χ4v) is 6.08. The van der Waals surface area contributed by atoms with E-state index in [0.717, 1.165) is 22.3 Å². The van der Waals surface area contributed by atoms with E-state index < -0.39 is 16.7 Å². The van der Waals surface area contributed by atoms with Crippen LogP contribution in [0.4, 0.5) is 5.69 Å². The Labute approximate surface area is 167 Å². The lowest BCUT2D eigenvalue weighted by atomic mass is 9.54. The molecular weight excluding hydrogens is 370 g/mol. The summed E-state index contributed by atoms with van der Waals surface area (Å²) in [5.74, 6) is -1.58. The maximum absolute atomic E-state index is 13.6. The molecule has 3 nitrogen and oxygen atoms in total. The number of carbonyl (C=O) groups is 2. The van der Waals surface area contributed by atoms with Gasteiger partial charge in [0.2, 0.25) is 11.8 Å². The van der Waals surface area contributed by atoms with Crippen molar-refractivity contribution < 1.29 is 9.59 Å². The lowest BCUT2D eigenvalue weighted by Gasteiger charge is -2.50. The van der Waals surface area contributed by atoms with E-state index in [2.05, 4.69) is 0 Å². The highest BCUT2D eigenvalue weighted by Gasteiger charge is 2.67. The minimum absolute atomic E-state index is 0.150. The lowest BCUT2D eigenvalue weighted by molar-refractivity contribution is -0.122. The number of para-hydroxylation sites is 1. The minimum Gasteiger partial charge on any atom is -0.274 e. The summed E-state index contributed by atoms with van der Waals surface area (Å²) in [6.07, 6.45) is 0. The maximum atomic E-state index is 13.6. The number of benzene rings is 3. The predicted molar refractivity (Wildman–Crippen MR) is 107 cm³/mol. The van der Waals surface area contributed by atoms with Gasteiger partial charge in [-0.1, -0.05) is 66.7 Å². The van der Waals surface area contributed by atoms with Crippen molar-refractivity contribution in [1.29, 1.82) is 0 Å². The van der Waals surface area contributed by atoms with Gasteiger partial charge in [0.15, 0.2) is 0 Å². The summed E-state index contributed by atoms with van der Waals surface area (Å²) in [6.45, 7) is 0. The molecule has 4 heteroatoms. The fraction of sp³-hybridized carbons (Fsp3) is 0.167. The first-order chi connectivity index (χ1) is 13.6. The fourth-order valence-electron chi connectivity index (χ4n) is 5.51. The monoisotopic (exact) mass is 385 g/mol. The van der Waals surface area contributed by atoms with Crippen LogP contribution in [0.3, 0.4) is 0 Å². The number of hydrogen-bond acceptors (Lipinski definition) is 2. The zero-order valence-electron chi connectivity index (χ0n) is 14.9. The van der Waals surface area contributed by atoms with Crippen LogP contribution in [0.1, 0.15) is 28.2 Å². The molecule has 3 aliphatic carbocycles. The van der Waals surface area contributed by atoms with Crippen molar-refractivity contribution in [2.75, 3.05) is 4.90 Å². The second kappa shape index (κ2) is 5.33. The molecule has 136 valence electrons. The summed E-state index contributed by atoms with van der Waals surface area (Å²) in [6, 6.07) is 25.1. The van der Waals surface area contributed by atoms with Crippen molar-refractivity contribution in [2.24, 2.45) is 11.8 Å². The number of hydrogen-bond donors (Lipinski definition) is 0. The van der Waals surface area contributed by atoms with Crippen LogP contribution >= 0.6 is 11.6 Å². The van der Waals surface area contributed by atoms with Gasteiger partial charge in [-0.15, -0.1) is 11.6 Å². The van der Waals surface area contributed by atoms with Crippen LogP contribution in [0.2, 0.25) is 0 Å².